The summed E-state index contributed by atoms with van der Waals surface area (Å²) in [5, 5.41) is 36.1. The van der Waals surface area contributed by atoms with Crippen molar-refractivity contribution in [3.8, 4) is 17.5 Å². The summed E-state index contributed by atoms with van der Waals surface area (Å²) in [5.41, 5.74) is 0.246. The summed E-state index contributed by atoms with van der Waals surface area (Å²) in [6, 6.07) is 1.08. The fraction of sp³-hybridized carbons (Fsp3) is 0.478. The van der Waals surface area contributed by atoms with Gasteiger partial charge in [-0.1, -0.05) is 5.21 Å². The SMILES string of the molecule is CNC(=O)[C@@]1(C)C[C@@H](n2cnc3c(NCC4CC4)nc(-n4cc(-c5ncccn5)nn4)nc32)C(O)C1O. The lowest BCUT2D eigenvalue weighted by Crippen LogP contribution is -2.45. The Morgan fingerprint density at radius 3 is 2.70 bits per heavy atom. The number of imidazole rings is 1. The van der Waals surface area contributed by atoms with Crippen LogP contribution in [0.5, 0.6) is 0 Å². The van der Waals surface area contributed by atoms with Crippen molar-refractivity contribution >= 4 is 22.9 Å². The van der Waals surface area contributed by atoms with E-state index >= 15 is 0 Å². The van der Waals surface area contributed by atoms with Crippen molar-refractivity contribution in [1.29, 1.82) is 0 Å². The molecule has 0 aromatic carbocycles. The first-order valence-electron chi connectivity index (χ1n) is 12.2. The van der Waals surface area contributed by atoms with Crippen LogP contribution in [0.1, 0.15) is 32.2 Å². The number of rotatable bonds is 7. The molecule has 0 radical (unpaired) electrons. The quantitative estimate of drug-likeness (QED) is 0.267. The zero-order chi connectivity index (χ0) is 25.7. The molecule has 14 nitrogen and oxygen atoms in total. The van der Waals surface area contributed by atoms with Crippen molar-refractivity contribution in [2.24, 2.45) is 11.3 Å². The van der Waals surface area contributed by atoms with Crippen molar-refractivity contribution in [2.75, 3.05) is 18.9 Å². The summed E-state index contributed by atoms with van der Waals surface area (Å²) < 4.78 is 3.13. The predicted octanol–water partition coefficient (Wildman–Crippen LogP) is 0.105. The number of nitrogens with zero attached hydrogens (tertiary/aromatic N) is 9. The molecule has 2 aliphatic rings. The number of aliphatic hydroxyl groups excluding tert-OH is 2. The van der Waals surface area contributed by atoms with Gasteiger partial charge in [0.15, 0.2) is 28.5 Å². The van der Waals surface area contributed by atoms with Gasteiger partial charge in [0, 0.05) is 26.0 Å². The van der Waals surface area contributed by atoms with Crippen LogP contribution in [0.3, 0.4) is 0 Å². The van der Waals surface area contributed by atoms with Crippen LogP contribution in [0.2, 0.25) is 0 Å². The third-order valence-corrected chi connectivity index (χ3v) is 7.26. The molecule has 4 aromatic rings. The van der Waals surface area contributed by atoms with Gasteiger partial charge in [0.05, 0.1) is 30.1 Å². The van der Waals surface area contributed by atoms with E-state index in [1.54, 1.807) is 42.5 Å². The van der Waals surface area contributed by atoms with E-state index in [1.807, 2.05) is 0 Å². The molecule has 37 heavy (non-hydrogen) atoms. The Kier molecular flexibility index (Phi) is 5.56. The number of fused-ring (bicyclic) bond motifs is 1. The molecule has 0 aliphatic heterocycles. The lowest BCUT2D eigenvalue weighted by molar-refractivity contribution is -0.136. The second-order valence-corrected chi connectivity index (χ2v) is 9.84. The van der Waals surface area contributed by atoms with Crippen molar-refractivity contribution in [2.45, 2.75) is 44.4 Å². The van der Waals surface area contributed by atoms with Gasteiger partial charge < -0.3 is 25.4 Å². The standard InChI is InChI=1S/C23H27N11O3/c1-23(21(37)24-2)8-14(16(35)17(23)36)33-11-28-15-19(27-9-12-4-5-12)29-22(30-20(15)33)34-10-13(31-32-34)18-25-6-3-7-26-18/h3,6-7,10-12,14,16-17,35-36H,4-5,8-9H2,1-2H3,(H,24,37)(H,27,29,30)/t14-,16?,17?,23+/m1/s1. The molecule has 0 bridgehead atoms. The number of carbonyl (C=O) groups is 1. The van der Waals surface area contributed by atoms with Crippen molar-refractivity contribution < 1.29 is 15.0 Å². The maximum atomic E-state index is 12.6. The molecule has 0 spiro atoms. The fourth-order valence-electron chi connectivity index (χ4n) is 4.87. The highest BCUT2D eigenvalue weighted by Crippen LogP contribution is 2.45. The molecule has 1 amide bonds. The summed E-state index contributed by atoms with van der Waals surface area (Å²) >= 11 is 0. The maximum absolute atomic E-state index is 12.6. The third kappa shape index (κ3) is 3.97. The number of hydrogen-bond donors (Lipinski definition) is 4. The van der Waals surface area contributed by atoms with E-state index in [4.69, 9.17) is 4.98 Å². The van der Waals surface area contributed by atoms with Crippen LogP contribution in [0.4, 0.5) is 5.82 Å². The van der Waals surface area contributed by atoms with E-state index in [2.05, 4.69) is 40.9 Å². The average molecular weight is 506 g/mol. The minimum atomic E-state index is -1.26. The number of anilines is 1. The van der Waals surface area contributed by atoms with Gasteiger partial charge in [-0.3, -0.25) is 4.79 Å². The van der Waals surface area contributed by atoms with Crippen LogP contribution in [0, 0.1) is 11.3 Å². The number of carbonyl (C=O) groups excluding carboxylic acids is 1. The minimum Gasteiger partial charge on any atom is -0.389 e. The first-order valence-corrected chi connectivity index (χ1v) is 12.2. The number of hydrogen-bond acceptors (Lipinski definition) is 11. The van der Waals surface area contributed by atoms with Crippen LogP contribution < -0.4 is 10.6 Å². The topological polar surface area (TPSA) is 182 Å². The zero-order valence-corrected chi connectivity index (χ0v) is 20.4. The highest BCUT2D eigenvalue weighted by Gasteiger charge is 2.54. The Morgan fingerprint density at radius 2 is 1.97 bits per heavy atom. The first kappa shape index (κ1) is 23.4. The Balaban J connectivity index is 1.42. The Morgan fingerprint density at radius 1 is 1.19 bits per heavy atom. The van der Waals surface area contributed by atoms with E-state index in [0.29, 0.717) is 34.4 Å². The van der Waals surface area contributed by atoms with Gasteiger partial charge in [0.1, 0.15) is 6.10 Å². The van der Waals surface area contributed by atoms with Gasteiger partial charge in [-0.25, -0.2) is 15.0 Å². The molecule has 2 saturated carbocycles. The number of aromatic nitrogens is 9. The summed E-state index contributed by atoms with van der Waals surface area (Å²) in [6.45, 7) is 2.39. The van der Waals surface area contributed by atoms with E-state index in [-0.39, 0.29) is 18.3 Å². The smallest absolute Gasteiger partial charge is 0.256 e. The van der Waals surface area contributed by atoms with Crippen LogP contribution >= 0.6 is 0 Å². The summed E-state index contributed by atoms with van der Waals surface area (Å²) in [6.07, 6.45) is 6.51. The normalized spacial score (nSPS) is 25.5. The van der Waals surface area contributed by atoms with Gasteiger partial charge >= 0.3 is 0 Å². The molecular weight excluding hydrogens is 478 g/mol. The monoisotopic (exact) mass is 505 g/mol. The largest absolute Gasteiger partial charge is 0.389 e. The number of aliphatic hydroxyl groups is 2. The lowest BCUT2D eigenvalue weighted by atomic mass is 9.85. The van der Waals surface area contributed by atoms with Gasteiger partial charge in [-0.15, -0.1) is 5.10 Å². The maximum Gasteiger partial charge on any atom is 0.256 e. The molecule has 4 atom stereocenters. The number of amides is 1. The van der Waals surface area contributed by atoms with Crippen LogP contribution in [0.15, 0.2) is 31.0 Å². The van der Waals surface area contributed by atoms with Crippen LogP contribution in [-0.2, 0) is 4.79 Å². The molecule has 2 unspecified atom stereocenters. The van der Waals surface area contributed by atoms with E-state index in [9.17, 15) is 15.0 Å². The summed E-state index contributed by atoms with van der Waals surface area (Å²) in [7, 11) is 1.51. The molecule has 6 rings (SSSR count). The third-order valence-electron chi connectivity index (χ3n) is 7.26. The molecule has 0 saturated heterocycles. The van der Waals surface area contributed by atoms with Crippen molar-refractivity contribution in [3.63, 3.8) is 0 Å². The summed E-state index contributed by atoms with van der Waals surface area (Å²) in [4.78, 5) is 34.9. The zero-order valence-electron chi connectivity index (χ0n) is 20.4. The van der Waals surface area contributed by atoms with Gasteiger partial charge in [0.25, 0.3) is 5.95 Å². The Bertz CT molecular complexity index is 1450. The van der Waals surface area contributed by atoms with E-state index in [1.165, 1.54) is 11.7 Å². The van der Waals surface area contributed by atoms with Gasteiger partial charge in [-0.2, -0.15) is 14.6 Å². The lowest BCUT2D eigenvalue weighted by Gasteiger charge is -2.26. The van der Waals surface area contributed by atoms with Gasteiger partial charge in [0.2, 0.25) is 5.91 Å². The highest BCUT2D eigenvalue weighted by molar-refractivity contribution is 5.85. The van der Waals surface area contributed by atoms with Crippen molar-refractivity contribution in [3.05, 3.63) is 31.0 Å². The van der Waals surface area contributed by atoms with Crippen LogP contribution in [-0.4, -0.2) is 86.4 Å². The summed E-state index contributed by atoms with van der Waals surface area (Å²) in [5.74, 6) is 1.43. The molecule has 2 aliphatic carbocycles. The molecule has 192 valence electrons. The molecule has 2 fully saturated rings. The fourth-order valence-corrected chi connectivity index (χ4v) is 4.87. The number of nitrogens with one attached hydrogen (secondary N) is 2. The van der Waals surface area contributed by atoms with E-state index < -0.39 is 23.7 Å². The highest BCUT2D eigenvalue weighted by atomic mass is 16.3. The molecule has 4 aromatic heterocycles. The molecule has 4 heterocycles. The van der Waals surface area contributed by atoms with E-state index in [0.717, 1.165) is 19.4 Å². The van der Waals surface area contributed by atoms with Crippen molar-refractivity contribution in [1.82, 2.24) is 49.8 Å². The minimum absolute atomic E-state index is 0.198. The predicted molar refractivity (Wildman–Crippen MR) is 130 cm³/mol. The van der Waals surface area contributed by atoms with Crippen LogP contribution in [0.25, 0.3) is 28.6 Å². The second-order valence-electron chi connectivity index (χ2n) is 9.84. The average Bonchev–Trinajstić information content (AvgIpc) is 3.35. The Labute approximate surface area is 211 Å². The first-order chi connectivity index (χ1) is 17.9. The second kappa shape index (κ2) is 8.81. The molecular formula is C23H27N11O3. The Hall–Kier alpha value is -4.04. The van der Waals surface area contributed by atoms with Gasteiger partial charge in [-0.05, 0) is 38.2 Å². The molecule has 4 N–H and O–H groups in total. The molecule has 14 heteroatoms.